The number of anilines is 1. The zero-order valence-corrected chi connectivity index (χ0v) is 19.4. The van der Waals surface area contributed by atoms with Crippen LogP contribution >= 0.6 is 23.4 Å². The van der Waals surface area contributed by atoms with E-state index in [4.69, 9.17) is 11.6 Å². The number of benzene rings is 3. The van der Waals surface area contributed by atoms with Gasteiger partial charge in [-0.3, -0.25) is 9.10 Å². The van der Waals surface area contributed by atoms with Crippen molar-refractivity contribution >= 4 is 45.0 Å². The predicted molar refractivity (Wildman–Crippen MR) is 127 cm³/mol. The van der Waals surface area contributed by atoms with Crippen molar-refractivity contribution in [2.24, 2.45) is 0 Å². The second-order valence-electron chi connectivity index (χ2n) is 6.76. The van der Waals surface area contributed by atoms with Crippen LogP contribution in [0.2, 0.25) is 5.02 Å². The van der Waals surface area contributed by atoms with E-state index in [1.165, 1.54) is 24.3 Å². The Morgan fingerprint density at radius 3 is 2.29 bits per heavy atom. The first-order valence-corrected chi connectivity index (χ1v) is 12.5. The monoisotopic (exact) mass is 474 g/mol. The molecule has 0 saturated heterocycles. The van der Waals surface area contributed by atoms with E-state index in [0.29, 0.717) is 23.0 Å². The molecule has 0 unspecified atom stereocenters. The summed E-state index contributed by atoms with van der Waals surface area (Å²) in [6, 6.07) is 22.9. The predicted octanol–water partition coefficient (Wildman–Crippen LogP) is 4.75. The fourth-order valence-electron chi connectivity index (χ4n) is 2.94. The van der Waals surface area contributed by atoms with Gasteiger partial charge in [0.2, 0.25) is 5.91 Å². The average molecular weight is 475 g/mol. The second-order valence-corrected chi connectivity index (χ2v) is 10.2. The summed E-state index contributed by atoms with van der Waals surface area (Å²) in [4.78, 5) is 13.8. The van der Waals surface area contributed by atoms with Gasteiger partial charge in [0.25, 0.3) is 10.0 Å². The SMILES string of the molecule is Cc1ccccc1N(CC(=O)NCCSc1ccccc1)S(=O)(=O)c1ccc(Cl)cc1. The Morgan fingerprint density at radius 1 is 0.968 bits per heavy atom. The number of nitrogens with zero attached hydrogens (tertiary/aromatic N) is 1. The molecule has 0 aromatic heterocycles. The Labute approximate surface area is 192 Å². The van der Waals surface area contributed by atoms with Crippen LogP contribution in [0.15, 0.2) is 88.7 Å². The minimum atomic E-state index is -3.95. The molecule has 162 valence electrons. The Balaban J connectivity index is 1.73. The fourth-order valence-corrected chi connectivity index (χ4v) is 5.34. The summed E-state index contributed by atoms with van der Waals surface area (Å²) in [5.41, 5.74) is 1.22. The fraction of sp³-hybridized carbons (Fsp3) is 0.174. The van der Waals surface area contributed by atoms with Gasteiger partial charge in [0.05, 0.1) is 10.6 Å². The van der Waals surface area contributed by atoms with E-state index in [2.05, 4.69) is 5.32 Å². The third-order valence-electron chi connectivity index (χ3n) is 4.51. The number of hydrogen-bond donors (Lipinski definition) is 1. The van der Waals surface area contributed by atoms with Gasteiger partial charge in [0, 0.05) is 22.2 Å². The van der Waals surface area contributed by atoms with Crippen LogP contribution in [0.5, 0.6) is 0 Å². The van der Waals surface area contributed by atoms with E-state index in [0.717, 1.165) is 14.8 Å². The lowest BCUT2D eigenvalue weighted by Crippen LogP contribution is -2.41. The molecule has 0 atom stereocenters. The summed E-state index contributed by atoms with van der Waals surface area (Å²) in [6.45, 7) is 1.93. The maximum Gasteiger partial charge on any atom is 0.264 e. The number of amides is 1. The third-order valence-corrected chi connectivity index (χ3v) is 7.55. The Hall–Kier alpha value is -2.48. The molecule has 0 aliphatic heterocycles. The highest BCUT2D eigenvalue weighted by atomic mass is 35.5. The molecule has 0 fully saturated rings. The van der Waals surface area contributed by atoms with Gasteiger partial charge in [-0.25, -0.2) is 8.42 Å². The Bertz CT molecular complexity index is 1120. The number of halogens is 1. The molecule has 3 aromatic rings. The molecule has 5 nitrogen and oxygen atoms in total. The van der Waals surface area contributed by atoms with Gasteiger partial charge in [-0.1, -0.05) is 48.0 Å². The van der Waals surface area contributed by atoms with E-state index >= 15 is 0 Å². The molecule has 0 aliphatic rings. The third kappa shape index (κ3) is 6.26. The van der Waals surface area contributed by atoms with Gasteiger partial charge in [0.15, 0.2) is 0 Å². The van der Waals surface area contributed by atoms with E-state index in [1.807, 2.05) is 49.4 Å². The summed E-state index contributed by atoms with van der Waals surface area (Å²) >= 11 is 7.53. The van der Waals surface area contributed by atoms with Gasteiger partial charge >= 0.3 is 0 Å². The van der Waals surface area contributed by atoms with E-state index in [-0.39, 0.29) is 17.3 Å². The minimum absolute atomic E-state index is 0.0765. The lowest BCUT2D eigenvalue weighted by molar-refractivity contribution is -0.119. The Morgan fingerprint density at radius 2 is 1.61 bits per heavy atom. The van der Waals surface area contributed by atoms with Gasteiger partial charge in [0.1, 0.15) is 6.54 Å². The number of aryl methyl sites for hydroxylation is 1. The quantitative estimate of drug-likeness (QED) is 0.359. The summed E-state index contributed by atoms with van der Waals surface area (Å²) in [5, 5.41) is 3.26. The highest BCUT2D eigenvalue weighted by Crippen LogP contribution is 2.27. The highest BCUT2D eigenvalue weighted by molar-refractivity contribution is 7.99. The van der Waals surface area contributed by atoms with Crippen LogP contribution < -0.4 is 9.62 Å². The number of rotatable bonds is 9. The molecular formula is C23H23ClN2O3S2. The molecule has 0 bridgehead atoms. The molecule has 0 spiro atoms. The molecule has 3 aromatic carbocycles. The van der Waals surface area contributed by atoms with Gasteiger partial charge < -0.3 is 5.32 Å². The van der Waals surface area contributed by atoms with Crippen molar-refractivity contribution in [2.75, 3.05) is 23.1 Å². The number of carbonyl (C=O) groups is 1. The number of sulfonamides is 1. The molecule has 0 heterocycles. The van der Waals surface area contributed by atoms with Crippen LogP contribution in [0, 0.1) is 6.92 Å². The van der Waals surface area contributed by atoms with Crippen molar-refractivity contribution in [3.8, 4) is 0 Å². The maximum absolute atomic E-state index is 13.3. The molecule has 0 aliphatic carbocycles. The number of hydrogen-bond acceptors (Lipinski definition) is 4. The number of nitrogens with one attached hydrogen (secondary N) is 1. The van der Waals surface area contributed by atoms with Crippen LogP contribution in [0.1, 0.15) is 5.56 Å². The first kappa shape index (κ1) is 23.2. The standard InChI is InChI=1S/C23H23ClN2O3S2/c1-18-7-5-6-10-22(18)26(31(28,29)21-13-11-19(24)12-14-21)17-23(27)25-15-16-30-20-8-3-2-4-9-20/h2-14H,15-17H2,1H3,(H,25,27). The molecule has 3 rings (SSSR count). The topological polar surface area (TPSA) is 66.5 Å². The molecule has 8 heteroatoms. The lowest BCUT2D eigenvalue weighted by atomic mass is 10.2. The average Bonchev–Trinajstić information content (AvgIpc) is 2.77. The van der Waals surface area contributed by atoms with E-state index in [9.17, 15) is 13.2 Å². The normalized spacial score (nSPS) is 11.2. The first-order chi connectivity index (χ1) is 14.9. The van der Waals surface area contributed by atoms with Gasteiger partial charge in [-0.15, -0.1) is 11.8 Å². The molecule has 0 saturated carbocycles. The van der Waals surface area contributed by atoms with E-state index in [1.54, 1.807) is 23.9 Å². The van der Waals surface area contributed by atoms with Crippen LogP contribution in [0.25, 0.3) is 0 Å². The smallest absolute Gasteiger partial charge is 0.264 e. The van der Waals surface area contributed by atoms with Crippen LogP contribution in [0.4, 0.5) is 5.69 Å². The van der Waals surface area contributed by atoms with Crippen molar-refractivity contribution in [2.45, 2.75) is 16.7 Å². The molecular weight excluding hydrogens is 452 g/mol. The Kier molecular flexibility index (Phi) is 8.01. The molecule has 31 heavy (non-hydrogen) atoms. The first-order valence-electron chi connectivity index (χ1n) is 9.66. The lowest BCUT2D eigenvalue weighted by Gasteiger charge is -2.25. The maximum atomic E-state index is 13.3. The highest BCUT2D eigenvalue weighted by Gasteiger charge is 2.28. The van der Waals surface area contributed by atoms with Gasteiger partial charge in [-0.2, -0.15) is 0 Å². The van der Waals surface area contributed by atoms with Crippen molar-refractivity contribution < 1.29 is 13.2 Å². The largest absolute Gasteiger partial charge is 0.354 e. The number of carbonyl (C=O) groups excluding carboxylic acids is 1. The number of thioether (sulfide) groups is 1. The van der Waals surface area contributed by atoms with Crippen LogP contribution in [-0.2, 0) is 14.8 Å². The van der Waals surface area contributed by atoms with Gasteiger partial charge in [-0.05, 0) is 55.0 Å². The number of para-hydroxylation sites is 1. The van der Waals surface area contributed by atoms with Crippen LogP contribution in [-0.4, -0.2) is 33.2 Å². The molecule has 0 radical (unpaired) electrons. The van der Waals surface area contributed by atoms with Crippen molar-refractivity contribution in [1.82, 2.24) is 5.32 Å². The molecule has 1 N–H and O–H groups in total. The summed E-state index contributed by atoms with van der Waals surface area (Å²) in [7, 11) is -3.95. The zero-order valence-electron chi connectivity index (χ0n) is 17.0. The summed E-state index contributed by atoms with van der Waals surface area (Å²) in [6.07, 6.45) is 0. The zero-order chi connectivity index (χ0) is 22.3. The van der Waals surface area contributed by atoms with E-state index < -0.39 is 10.0 Å². The van der Waals surface area contributed by atoms with Crippen molar-refractivity contribution in [3.63, 3.8) is 0 Å². The summed E-state index contributed by atoms with van der Waals surface area (Å²) < 4.78 is 27.8. The second kappa shape index (κ2) is 10.7. The van der Waals surface area contributed by atoms with Crippen molar-refractivity contribution in [1.29, 1.82) is 0 Å². The summed E-state index contributed by atoms with van der Waals surface area (Å²) in [5.74, 6) is 0.318. The molecule has 1 amide bonds. The van der Waals surface area contributed by atoms with Crippen molar-refractivity contribution in [3.05, 3.63) is 89.4 Å². The van der Waals surface area contributed by atoms with Crippen LogP contribution in [0.3, 0.4) is 0 Å². The minimum Gasteiger partial charge on any atom is -0.354 e.